The number of carboxylic acids is 1. The average molecular weight is 455 g/mol. The molecule has 1 aromatic carbocycles. The average Bonchev–Trinajstić information content (AvgIpc) is 2.73. The molecule has 7 heteroatoms. The van der Waals surface area contributed by atoms with Crippen LogP contribution in [0.1, 0.15) is 77.2 Å². The Hall–Kier alpha value is -1.63. The lowest BCUT2D eigenvalue weighted by molar-refractivity contribution is -0.197. The van der Waals surface area contributed by atoms with Crippen LogP contribution in [0.2, 0.25) is 0 Å². The van der Waals surface area contributed by atoms with Crippen LogP contribution in [0.25, 0.3) is 0 Å². The summed E-state index contributed by atoms with van der Waals surface area (Å²) in [6.45, 7) is 5.85. The zero-order valence-electron chi connectivity index (χ0n) is 19.2. The van der Waals surface area contributed by atoms with Gasteiger partial charge in [0, 0.05) is 37.9 Å². The highest BCUT2D eigenvalue weighted by molar-refractivity contribution is 5.90. The van der Waals surface area contributed by atoms with Crippen LogP contribution in [0.5, 0.6) is 0 Å². The van der Waals surface area contributed by atoms with E-state index in [4.69, 9.17) is 4.74 Å². The van der Waals surface area contributed by atoms with Crippen molar-refractivity contribution < 1.29 is 19.4 Å². The molecule has 0 aromatic heterocycles. The summed E-state index contributed by atoms with van der Waals surface area (Å²) in [6, 6.07) is 7.01. The number of carbonyl (C=O) groups is 2. The molecule has 176 valence electrons. The number of methoxy groups -OCH3 is 1. The number of ether oxygens (including phenoxy) is 1. The first kappa shape index (κ1) is 27.4. The van der Waals surface area contributed by atoms with E-state index in [1.807, 2.05) is 4.90 Å². The topological polar surface area (TPSA) is 78.9 Å². The van der Waals surface area contributed by atoms with E-state index in [1.165, 1.54) is 26.4 Å². The van der Waals surface area contributed by atoms with Crippen LogP contribution in [-0.2, 0) is 20.1 Å². The summed E-state index contributed by atoms with van der Waals surface area (Å²) in [7, 11) is 1.44. The van der Waals surface area contributed by atoms with E-state index in [9.17, 15) is 14.7 Å². The Morgan fingerprint density at radius 1 is 1.06 bits per heavy atom. The molecule has 2 rings (SSSR count). The molecule has 1 fully saturated rings. The van der Waals surface area contributed by atoms with Gasteiger partial charge in [-0.05, 0) is 37.3 Å². The van der Waals surface area contributed by atoms with E-state index in [-0.39, 0.29) is 18.3 Å². The number of benzene rings is 1. The number of amides is 1. The molecule has 0 bridgehead atoms. The zero-order chi connectivity index (χ0) is 22.0. The molecule has 31 heavy (non-hydrogen) atoms. The van der Waals surface area contributed by atoms with Gasteiger partial charge >= 0.3 is 5.97 Å². The number of hydrogen-bond acceptors (Lipinski definition) is 4. The highest BCUT2D eigenvalue weighted by atomic mass is 35.5. The summed E-state index contributed by atoms with van der Waals surface area (Å²) in [6.07, 6.45) is 9.15. The Kier molecular flexibility index (Phi) is 12.1. The number of anilines is 1. The SMILES string of the molecule is COC(C(=O)O)(c1ccc(NC(=O)CCCCCCC(C)C)cc1)N1CCCCC1.Cl. The minimum Gasteiger partial charge on any atom is -0.478 e. The Balaban J connectivity index is 0.00000480. The van der Waals surface area contributed by atoms with E-state index in [0.717, 1.165) is 38.0 Å². The van der Waals surface area contributed by atoms with Gasteiger partial charge < -0.3 is 15.2 Å². The van der Waals surface area contributed by atoms with Crippen molar-refractivity contribution in [2.24, 2.45) is 5.92 Å². The van der Waals surface area contributed by atoms with Crippen molar-refractivity contribution in [2.75, 3.05) is 25.5 Å². The fourth-order valence-corrected chi connectivity index (χ4v) is 4.18. The molecule has 1 unspecified atom stereocenters. The maximum absolute atomic E-state index is 12.2. The van der Waals surface area contributed by atoms with Crippen molar-refractivity contribution in [3.63, 3.8) is 0 Å². The molecule has 1 aromatic rings. The van der Waals surface area contributed by atoms with Gasteiger partial charge in [-0.25, -0.2) is 4.79 Å². The van der Waals surface area contributed by atoms with E-state index >= 15 is 0 Å². The third-order valence-corrected chi connectivity index (χ3v) is 5.88. The Labute approximate surface area is 193 Å². The quantitative estimate of drug-likeness (QED) is 0.412. The van der Waals surface area contributed by atoms with Gasteiger partial charge in [0.2, 0.25) is 11.6 Å². The third-order valence-electron chi connectivity index (χ3n) is 5.88. The molecule has 0 aliphatic carbocycles. The normalized spacial score (nSPS) is 16.4. The number of piperidine rings is 1. The fourth-order valence-electron chi connectivity index (χ4n) is 4.18. The number of halogens is 1. The summed E-state index contributed by atoms with van der Waals surface area (Å²) in [5.74, 6) is -0.274. The number of carbonyl (C=O) groups excluding carboxylic acids is 1. The number of unbranched alkanes of at least 4 members (excludes halogenated alkanes) is 3. The number of aliphatic carboxylic acids is 1. The molecule has 1 amide bonds. The van der Waals surface area contributed by atoms with Crippen molar-refractivity contribution >= 4 is 30.0 Å². The van der Waals surface area contributed by atoms with Gasteiger partial charge in [0.25, 0.3) is 0 Å². The number of rotatable bonds is 12. The second-order valence-electron chi connectivity index (χ2n) is 8.67. The molecular weight excluding hydrogens is 416 g/mol. The van der Waals surface area contributed by atoms with Gasteiger partial charge in [-0.15, -0.1) is 12.4 Å². The van der Waals surface area contributed by atoms with Crippen molar-refractivity contribution in [3.05, 3.63) is 29.8 Å². The smallest absolute Gasteiger partial charge is 0.356 e. The summed E-state index contributed by atoms with van der Waals surface area (Å²) < 4.78 is 5.58. The molecule has 0 spiro atoms. The van der Waals surface area contributed by atoms with Crippen LogP contribution < -0.4 is 5.32 Å². The molecule has 1 atom stereocenters. The highest BCUT2D eigenvalue weighted by Gasteiger charge is 2.46. The number of nitrogens with one attached hydrogen (secondary N) is 1. The predicted octanol–water partition coefficient (Wildman–Crippen LogP) is 5.41. The van der Waals surface area contributed by atoms with Crippen molar-refractivity contribution in [1.82, 2.24) is 4.90 Å². The molecule has 1 aliphatic rings. The Morgan fingerprint density at radius 2 is 1.68 bits per heavy atom. The van der Waals surface area contributed by atoms with Crippen LogP contribution in [0.15, 0.2) is 24.3 Å². The predicted molar refractivity (Wildman–Crippen MR) is 127 cm³/mol. The van der Waals surface area contributed by atoms with E-state index in [1.54, 1.807) is 24.3 Å². The maximum atomic E-state index is 12.2. The summed E-state index contributed by atoms with van der Waals surface area (Å²) in [5, 5.41) is 12.9. The summed E-state index contributed by atoms with van der Waals surface area (Å²) in [5.41, 5.74) is -0.237. The van der Waals surface area contributed by atoms with Crippen LogP contribution in [0.4, 0.5) is 5.69 Å². The number of likely N-dealkylation sites (tertiary alicyclic amines) is 1. The van der Waals surface area contributed by atoms with E-state index in [0.29, 0.717) is 30.8 Å². The monoisotopic (exact) mass is 454 g/mol. The van der Waals surface area contributed by atoms with Gasteiger partial charge in [0.1, 0.15) is 0 Å². The van der Waals surface area contributed by atoms with Gasteiger partial charge in [0.05, 0.1) is 0 Å². The van der Waals surface area contributed by atoms with Crippen LogP contribution in [0, 0.1) is 5.92 Å². The standard InChI is InChI=1S/C24H38N2O4.ClH/c1-19(2)11-7-4-5-8-12-22(27)25-21-15-13-20(14-16-21)24(30-3,23(28)29)26-17-9-6-10-18-26;/h13-16,19H,4-12,17-18H2,1-3H3,(H,25,27)(H,28,29);1H. The Morgan fingerprint density at radius 3 is 2.23 bits per heavy atom. The first-order valence-electron chi connectivity index (χ1n) is 11.3. The Bertz CT molecular complexity index is 675. The minimum atomic E-state index is -1.49. The number of hydrogen-bond donors (Lipinski definition) is 2. The molecule has 1 aliphatic heterocycles. The van der Waals surface area contributed by atoms with Gasteiger partial charge in [-0.1, -0.05) is 58.1 Å². The lowest BCUT2D eigenvalue weighted by Crippen LogP contribution is -2.55. The van der Waals surface area contributed by atoms with Crippen LogP contribution in [-0.4, -0.2) is 42.1 Å². The van der Waals surface area contributed by atoms with Gasteiger partial charge in [-0.3, -0.25) is 9.69 Å². The molecule has 1 heterocycles. The summed E-state index contributed by atoms with van der Waals surface area (Å²) in [4.78, 5) is 26.3. The fraction of sp³-hybridized carbons (Fsp3) is 0.667. The molecule has 0 saturated carbocycles. The second-order valence-corrected chi connectivity index (χ2v) is 8.67. The first-order chi connectivity index (χ1) is 14.4. The number of nitrogens with zero attached hydrogens (tertiary/aromatic N) is 1. The van der Waals surface area contributed by atoms with Gasteiger partial charge in [0.15, 0.2) is 0 Å². The molecule has 0 radical (unpaired) electrons. The molecular formula is C24H39ClN2O4. The lowest BCUT2D eigenvalue weighted by atomic mass is 9.97. The van der Waals surface area contributed by atoms with E-state index in [2.05, 4.69) is 19.2 Å². The highest BCUT2D eigenvalue weighted by Crippen LogP contribution is 2.33. The second kappa shape index (κ2) is 13.7. The minimum absolute atomic E-state index is 0. The number of carboxylic acid groups (broad SMARTS) is 1. The molecule has 6 nitrogen and oxygen atoms in total. The van der Waals surface area contributed by atoms with Gasteiger partial charge in [-0.2, -0.15) is 0 Å². The molecule has 1 saturated heterocycles. The maximum Gasteiger partial charge on any atom is 0.356 e. The first-order valence-corrected chi connectivity index (χ1v) is 11.3. The van der Waals surface area contributed by atoms with Crippen molar-refractivity contribution in [2.45, 2.75) is 77.4 Å². The van der Waals surface area contributed by atoms with Crippen molar-refractivity contribution in [1.29, 1.82) is 0 Å². The molecule has 2 N–H and O–H groups in total. The largest absolute Gasteiger partial charge is 0.478 e. The van der Waals surface area contributed by atoms with Crippen LogP contribution >= 0.6 is 12.4 Å². The van der Waals surface area contributed by atoms with Crippen molar-refractivity contribution in [3.8, 4) is 0 Å². The van der Waals surface area contributed by atoms with Crippen LogP contribution in [0.3, 0.4) is 0 Å². The lowest BCUT2D eigenvalue weighted by Gasteiger charge is -2.41. The zero-order valence-corrected chi connectivity index (χ0v) is 20.0. The third kappa shape index (κ3) is 7.78. The van der Waals surface area contributed by atoms with E-state index < -0.39 is 11.7 Å². The summed E-state index contributed by atoms with van der Waals surface area (Å²) >= 11 is 0.